The van der Waals surface area contributed by atoms with Crippen molar-refractivity contribution in [1.29, 1.82) is 0 Å². The van der Waals surface area contributed by atoms with E-state index in [2.05, 4.69) is 26.2 Å². The van der Waals surface area contributed by atoms with Crippen molar-refractivity contribution in [3.8, 4) is 0 Å². The van der Waals surface area contributed by atoms with E-state index in [0.717, 1.165) is 11.8 Å². The van der Waals surface area contributed by atoms with Gasteiger partial charge in [0.1, 0.15) is 0 Å². The lowest BCUT2D eigenvalue weighted by molar-refractivity contribution is 0.354. The zero-order chi connectivity index (χ0) is 8.27. The van der Waals surface area contributed by atoms with E-state index in [1.54, 1.807) is 4.91 Å². The van der Waals surface area contributed by atoms with Gasteiger partial charge in [0, 0.05) is 0 Å². The Kier molecular flexibility index (Phi) is 3.50. The molecule has 0 nitrogen and oxygen atoms in total. The Morgan fingerprint density at radius 1 is 1.55 bits per heavy atom. The molecule has 0 bridgehead atoms. The standard InChI is InChI=1S/C10H18S/c1-8(2)9-4-6-10(11-3)7-5-9/h6,8-9H,4-5,7H2,1-3H3/t9-/m0/s1. The third-order valence-electron chi connectivity index (χ3n) is 2.61. The van der Waals surface area contributed by atoms with E-state index in [0.29, 0.717) is 0 Å². The molecule has 0 amide bonds. The predicted molar refractivity (Wildman–Crippen MR) is 53.8 cm³/mol. The van der Waals surface area contributed by atoms with E-state index in [-0.39, 0.29) is 0 Å². The van der Waals surface area contributed by atoms with E-state index >= 15 is 0 Å². The van der Waals surface area contributed by atoms with Gasteiger partial charge in [-0.25, -0.2) is 0 Å². The molecular weight excluding hydrogens is 152 g/mol. The summed E-state index contributed by atoms with van der Waals surface area (Å²) in [5.41, 5.74) is 0. The maximum absolute atomic E-state index is 2.43. The highest BCUT2D eigenvalue weighted by Crippen LogP contribution is 2.32. The second-order valence-electron chi connectivity index (χ2n) is 3.65. The van der Waals surface area contributed by atoms with Gasteiger partial charge < -0.3 is 0 Å². The van der Waals surface area contributed by atoms with Crippen LogP contribution in [0.15, 0.2) is 11.0 Å². The predicted octanol–water partition coefficient (Wildman–Crippen LogP) is 3.69. The lowest BCUT2D eigenvalue weighted by Crippen LogP contribution is -2.11. The molecule has 0 fully saturated rings. The quantitative estimate of drug-likeness (QED) is 0.609. The van der Waals surface area contributed by atoms with Crippen molar-refractivity contribution in [2.75, 3.05) is 6.26 Å². The zero-order valence-corrected chi connectivity index (χ0v) is 8.58. The fourth-order valence-corrected chi connectivity index (χ4v) is 2.21. The Morgan fingerprint density at radius 3 is 2.64 bits per heavy atom. The van der Waals surface area contributed by atoms with Gasteiger partial charge in [-0.05, 0) is 42.3 Å². The molecule has 0 aromatic heterocycles. The minimum Gasteiger partial charge on any atom is -0.134 e. The Hall–Kier alpha value is 0.0900. The molecule has 0 heterocycles. The van der Waals surface area contributed by atoms with Crippen LogP contribution in [0.5, 0.6) is 0 Å². The van der Waals surface area contributed by atoms with Crippen molar-refractivity contribution in [2.24, 2.45) is 11.8 Å². The van der Waals surface area contributed by atoms with Crippen molar-refractivity contribution in [3.63, 3.8) is 0 Å². The van der Waals surface area contributed by atoms with Crippen LogP contribution in [0.1, 0.15) is 33.1 Å². The van der Waals surface area contributed by atoms with Crippen LogP contribution in [0.2, 0.25) is 0 Å². The summed E-state index contributed by atoms with van der Waals surface area (Å²) in [6.45, 7) is 4.67. The molecule has 1 rings (SSSR count). The van der Waals surface area contributed by atoms with Gasteiger partial charge in [-0.15, -0.1) is 11.8 Å². The van der Waals surface area contributed by atoms with Crippen LogP contribution < -0.4 is 0 Å². The Labute approximate surface area is 74.5 Å². The first-order valence-electron chi connectivity index (χ1n) is 4.47. The molecule has 11 heavy (non-hydrogen) atoms. The maximum atomic E-state index is 2.43. The van der Waals surface area contributed by atoms with E-state index in [1.807, 2.05) is 11.8 Å². The smallest absolute Gasteiger partial charge is 0.0140 e. The first kappa shape index (κ1) is 9.18. The van der Waals surface area contributed by atoms with Crippen molar-refractivity contribution in [3.05, 3.63) is 11.0 Å². The third-order valence-corrected chi connectivity index (χ3v) is 3.51. The van der Waals surface area contributed by atoms with E-state index in [4.69, 9.17) is 0 Å². The summed E-state index contributed by atoms with van der Waals surface area (Å²) in [6.07, 6.45) is 8.66. The molecule has 0 radical (unpaired) electrons. The normalized spacial score (nSPS) is 25.5. The summed E-state index contributed by atoms with van der Waals surface area (Å²) in [6, 6.07) is 0. The molecule has 0 aromatic rings. The second kappa shape index (κ2) is 4.20. The summed E-state index contributed by atoms with van der Waals surface area (Å²) in [5, 5.41) is 0. The number of hydrogen-bond acceptors (Lipinski definition) is 1. The van der Waals surface area contributed by atoms with Crippen LogP contribution in [-0.2, 0) is 0 Å². The molecule has 64 valence electrons. The number of thioether (sulfide) groups is 1. The topological polar surface area (TPSA) is 0 Å². The SMILES string of the molecule is CSC1=CC[C@H](C(C)C)CC1. The lowest BCUT2D eigenvalue weighted by Gasteiger charge is -2.24. The first-order valence-corrected chi connectivity index (χ1v) is 5.69. The van der Waals surface area contributed by atoms with Gasteiger partial charge in [-0.2, -0.15) is 0 Å². The van der Waals surface area contributed by atoms with Crippen LogP contribution in [-0.4, -0.2) is 6.26 Å². The van der Waals surface area contributed by atoms with Gasteiger partial charge in [-0.1, -0.05) is 19.9 Å². The molecule has 0 spiro atoms. The van der Waals surface area contributed by atoms with E-state index < -0.39 is 0 Å². The van der Waals surface area contributed by atoms with Crippen molar-refractivity contribution < 1.29 is 0 Å². The molecule has 0 saturated heterocycles. The van der Waals surface area contributed by atoms with E-state index in [1.165, 1.54) is 19.3 Å². The van der Waals surface area contributed by atoms with Crippen molar-refractivity contribution in [1.82, 2.24) is 0 Å². The molecule has 0 unspecified atom stereocenters. The minimum absolute atomic E-state index is 0.870. The highest BCUT2D eigenvalue weighted by atomic mass is 32.2. The Bertz CT molecular complexity index is 147. The molecule has 0 N–H and O–H groups in total. The summed E-state index contributed by atoms with van der Waals surface area (Å²) in [4.78, 5) is 1.60. The monoisotopic (exact) mass is 170 g/mol. The third kappa shape index (κ3) is 2.55. The van der Waals surface area contributed by atoms with Crippen LogP contribution in [0.4, 0.5) is 0 Å². The van der Waals surface area contributed by atoms with Crippen molar-refractivity contribution in [2.45, 2.75) is 33.1 Å². The minimum atomic E-state index is 0.870. The fourth-order valence-electron chi connectivity index (χ4n) is 1.62. The van der Waals surface area contributed by atoms with Crippen LogP contribution >= 0.6 is 11.8 Å². The van der Waals surface area contributed by atoms with Gasteiger partial charge >= 0.3 is 0 Å². The lowest BCUT2D eigenvalue weighted by atomic mass is 9.85. The van der Waals surface area contributed by atoms with Gasteiger partial charge in [0.25, 0.3) is 0 Å². The zero-order valence-electron chi connectivity index (χ0n) is 7.76. The molecule has 1 aliphatic rings. The van der Waals surface area contributed by atoms with Crippen LogP contribution in [0.3, 0.4) is 0 Å². The summed E-state index contributed by atoms with van der Waals surface area (Å²) < 4.78 is 0. The average Bonchev–Trinajstić information content (AvgIpc) is 2.05. The summed E-state index contributed by atoms with van der Waals surface area (Å²) >= 11 is 1.92. The van der Waals surface area contributed by atoms with Gasteiger partial charge in [-0.3, -0.25) is 0 Å². The van der Waals surface area contributed by atoms with E-state index in [9.17, 15) is 0 Å². The van der Waals surface area contributed by atoms with Gasteiger partial charge in [0.2, 0.25) is 0 Å². The summed E-state index contributed by atoms with van der Waals surface area (Å²) in [7, 11) is 0. The molecule has 1 heteroatoms. The Balaban J connectivity index is 2.41. The van der Waals surface area contributed by atoms with Crippen LogP contribution in [0.25, 0.3) is 0 Å². The number of allylic oxidation sites excluding steroid dienone is 2. The Morgan fingerprint density at radius 2 is 2.27 bits per heavy atom. The molecule has 0 aliphatic heterocycles. The second-order valence-corrected chi connectivity index (χ2v) is 4.59. The van der Waals surface area contributed by atoms with Gasteiger partial charge in [0.05, 0.1) is 0 Å². The van der Waals surface area contributed by atoms with Crippen molar-refractivity contribution >= 4 is 11.8 Å². The fraction of sp³-hybridized carbons (Fsp3) is 0.800. The largest absolute Gasteiger partial charge is 0.134 e. The highest BCUT2D eigenvalue weighted by Gasteiger charge is 2.16. The molecular formula is C10H18S. The molecule has 1 atom stereocenters. The van der Waals surface area contributed by atoms with Gasteiger partial charge in [0.15, 0.2) is 0 Å². The molecule has 1 aliphatic carbocycles. The molecule has 0 aromatic carbocycles. The molecule has 0 saturated carbocycles. The average molecular weight is 170 g/mol. The highest BCUT2D eigenvalue weighted by molar-refractivity contribution is 8.02. The van der Waals surface area contributed by atoms with Crippen LogP contribution in [0, 0.1) is 11.8 Å². The summed E-state index contributed by atoms with van der Waals surface area (Å²) in [5.74, 6) is 1.82. The first-order chi connectivity index (χ1) is 5.24. The number of rotatable bonds is 2. The number of hydrogen-bond donors (Lipinski definition) is 0. The maximum Gasteiger partial charge on any atom is -0.0140 e.